The molecule has 0 aromatic heterocycles. The maximum Gasteiger partial charge on any atom is 0.0639 e. The fourth-order valence-electron chi connectivity index (χ4n) is 1.23. The second-order valence-electron chi connectivity index (χ2n) is 4.36. The van der Waals surface area contributed by atoms with Crippen molar-refractivity contribution in [3.63, 3.8) is 0 Å². The molecule has 0 aliphatic carbocycles. The van der Waals surface area contributed by atoms with Crippen LogP contribution in [0.3, 0.4) is 0 Å². The van der Waals surface area contributed by atoms with Crippen LogP contribution in [0.2, 0.25) is 0 Å². The standard InChI is InChI=1S/C13H24N2/c1-8-14-12(7)13(10(4)5)15-11(6)9(2)3/h9-10H,6,8H2,1-5,7H3. The lowest BCUT2D eigenvalue weighted by atomic mass is 10.0. The Morgan fingerprint density at radius 1 is 1.13 bits per heavy atom. The van der Waals surface area contributed by atoms with Crippen molar-refractivity contribution in [3.8, 4) is 0 Å². The van der Waals surface area contributed by atoms with E-state index in [0.717, 1.165) is 23.7 Å². The summed E-state index contributed by atoms with van der Waals surface area (Å²) in [4.78, 5) is 8.99. The van der Waals surface area contributed by atoms with Crippen LogP contribution in [-0.4, -0.2) is 18.0 Å². The lowest BCUT2D eigenvalue weighted by Crippen LogP contribution is -2.18. The molecule has 0 aliphatic heterocycles. The highest BCUT2D eigenvalue weighted by molar-refractivity contribution is 6.42. The molecule has 0 amide bonds. The summed E-state index contributed by atoms with van der Waals surface area (Å²) >= 11 is 0. The van der Waals surface area contributed by atoms with Gasteiger partial charge in [0.25, 0.3) is 0 Å². The molecule has 0 rings (SSSR count). The molecule has 0 spiro atoms. The summed E-state index contributed by atoms with van der Waals surface area (Å²) in [7, 11) is 0. The van der Waals surface area contributed by atoms with E-state index in [-0.39, 0.29) is 0 Å². The topological polar surface area (TPSA) is 24.7 Å². The number of hydrogen-bond acceptors (Lipinski definition) is 2. The first-order valence-corrected chi connectivity index (χ1v) is 5.68. The van der Waals surface area contributed by atoms with E-state index in [1.165, 1.54) is 0 Å². The van der Waals surface area contributed by atoms with E-state index in [1.807, 2.05) is 13.8 Å². The van der Waals surface area contributed by atoms with Crippen LogP contribution in [0.15, 0.2) is 22.3 Å². The van der Waals surface area contributed by atoms with E-state index in [1.54, 1.807) is 0 Å². The van der Waals surface area contributed by atoms with Crippen molar-refractivity contribution in [1.29, 1.82) is 0 Å². The van der Waals surface area contributed by atoms with Gasteiger partial charge in [-0.05, 0) is 25.7 Å². The van der Waals surface area contributed by atoms with E-state index in [2.05, 4.69) is 44.3 Å². The van der Waals surface area contributed by atoms with Crippen LogP contribution in [0.5, 0.6) is 0 Å². The first-order valence-electron chi connectivity index (χ1n) is 5.68. The zero-order chi connectivity index (χ0) is 12.0. The van der Waals surface area contributed by atoms with E-state index in [4.69, 9.17) is 0 Å². The molecular formula is C13H24N2. The number of nitrogens with zero attached hydrogens (tertiary/aromatic N) is 2. The molecule has 0 aromatic carbocycles. The van der Waals surface area contributed by atoms with Gasteiger partial charge in [0.15, 0.2) is 0 Å². The molecule has 2 nitrogen and oxygen atoms in total. The molecule has 0 saturated carbocycles. The van der Waals surface area contributed by atoms with Crippen molar-refractivity contribution in [2.75, 3.05) is 6.54 Å². The molecule has 15 heavy (non-hydrogen) atoms. The SMILES string of the molecule is C=C(N=C(C(C)=NCC)C(C)C)C(C)C. The minimum atomic E-state index is 0.396. The fraction of sp³-hybridized carbons (Fsp3) is 0.692. The van der Waals surface area contributed by atoms with Gasteiger partial charge in [0.05, 0.1) is 11.4 Å². The minimum Gasteiger partial charge on any atom is -0.288 e. The summed E-state index contributed by atoms with van der Waals surface area (Å²) in [5.74, 6) is 0.795. The van der Waals surface area contributed by atoms with Gasteiger partial charge in [-0.25, -0.2) is 0 Å². The molecule has 86 valence electrons. The molecular weight excluding hydrogens is 184 g/mol. The Labute approximate surface area is 94.2 Å². The van der Waals surface area contributed by atoms with E-state index in [9.17, 15) is 0 Å². The van der Waals surface area contributed by atoms with Gasteiger partial charge in [-0.1, -0.05) is 34.3 Å². The maximum absolute atomic E-state index is 4.59. The Hall–Kier alpha value is -0.920. The largest absolute Gasteiger partial charge is 0.288 e. The Kier molecular flexibility index (Phi) is 6.14. The Bertz CT molecular complexity index is 270. The predicted molar refractivity (Wildman–Crippen MR) is 69.9 cm³/mol. The third-order valence-electron chi connectivity index (χ3n) is 2.24. The van der Waals surface area contributed by atoms with Gasteiger partial charge in [-0.15, -0.1) is 0 Å². The quantitative estimate of drug-likeness (QED) is 0.615. The zero-order valence-electron chi connectivity index (χ0n) is 11.0. The maximum atomic E-state index is 4.59. The summed E-state index contributed by atoms with van der Waals surface area (Å²) in [6.07, 6.45) is 0. The van der Waals surface area contributed by atoms with E-state index >= 15 is 0 Å². The van der Waals surface area contributed by atoms with Crippen LogP contribution in [0.1, 0.15) is 41.5 Å². The molecule has 0 unspecified atom stereocenters. The van der Waals surface area contributed by atoms with Crippen LogP contribution < -0.4 is 0 Å². The number of aliphatic imine (C=N–C) groups is 2. The summed E-state index contributed by atoms with van der Waals surface area (Å²) in [6, 6.07) is 0. The molecule has 0 radical (unpaired) electrons. The van der Waals surface area contributed by atoms with Crippen LogP contribution in [-0.2, 0) is 0 Å². The fourth-order valence-corrected chi connectivity index (χ4v) is 1.23. The normalized spacial score (nSPS) is 13.9. The van der Waals surface area contributed by atoms with Crippen molar-refractivity contribution in [2.24, 2.45) is 21.8 Å². The molecule has 0 atom stereocenters. The average molecular weight is 208 g/mol. The molecule has 0 fully saturated rings. The Balaban J connectivity index is 4.98. The van der Waals surface area contributed by atoms with Crippen LogP contribution in [0, 0.1) is 11.8 Å². The first kappa shape index (κ1) is 14.1. The summed E-state index contributed by atoms with van der Waals surface area (Å²) < 4.78 is 0. The van der Waals surface area contributed by atoms with Crippen LogP contribution in [0.25, 0.3) is 0 Å². The summed E-state index contributed by atoms with van der Waals surface area (Å²) in [5, 5.41) is 0. The monoisotopic (exact) mass is 208 g/mol. The van der Waals surface area contributed by atoms with Gasteiger partial charge in [-0.2, -0.15) is 0 Å². The van der Waals surface area contributed by atoms with Crippen LogP contribution in [0.4, 0.5) is 0 Å². The van der Waals surface area contributed by atoms with Crippen LogP contribution >= 0.6 is 0 Å². The molecule has 0 aliphatic rings. The number of hydrogen-bond donors (Lipinski definition) is 0. The molecule has 0 N–H and O–H groups in total. The van der Waals surface area contributed by atoms with Crippen molar-refractivity contribution in [3.05, 3.63) is 12.3 Å². The van der Waals surface area contributed by atoms with Gasteiger partial charge in [0.1, 0.15) is 0 Å². The van der Waals surface area contributed by atoms with Crippen molar-refractivity contribution >= 4 is 11.4 Å². The predicted octanol–water partition coefficient (Wildman–Crippen LogP) is 3.73. The van der Waals surface area contributed by atoms with Gasteiger partial charge in [-0.3, -0.25) is 9.98 Å². The molecule has 0 aromatic rings. The van der Waals surface area contributed by atoms with Gasteiger partial charge >= 0.3 is 0 Å². The lowest BCUT2D eigenvalue weighted by molar-refractivity contribution is 0.757. The highest BCUT2D eigenvalue weighted by Crippen LogP contribution is 2.11. The van der Waals surface area contributed by atoms with E-state index in [0.29, 0.717) is 11.8 Å². The van der Waals surface area contributed by atoms with Crippen molar-refractivity contribution in [1.82, 2.24) is 0 Å². The highest BCUT2D eigenvalue weighted by atomic mass is 14.8. The summed E-state index contributed by atoms with van der Waals surface area (Å²) in [5.41, 5.74) is 3.04. The minimum absolute atomic E-state index is 0.396. The highest BCUT2D eigenvalue weighted by Gasteiger charge is 2.10. The second-order valence-corrected chi connectivity index (χ2v) is 4.36. The number of allylic oxidation sites excluding steroid dienone is 1. The Morgan fingerprint density at radius 3 is 2.00 bits per heavy atom. The third kappa shape index (κ3) is 4.91. The third-order valence-corrected chi connectivity index (χ3v) is 2.24. The van der Waals surface area contributed by atoms with Crippen molar-refractivity contribution in [2.45, 2.75) is 41.5 Å². The molecule has 0 heterocycles. The van der Waals surface area contributed by atoms with E-state index < -0.39 is 0 Å². The average Bonchev–Trinajstić information content (AvgIpc) is 2.13. The lowest BCUT2D eigenvalue weighted by Gasteiger charge is -2.12. The zero-order valence-corrected chi connectivity index (χ0v) is 11.0. The summed E-state index contributed by atoms with van der Waals surface area (Å²) in [6.45, 7) is 17.3. The van der Waals surface area contributed by atoms with Gasteiger partial charge in [0, 0.05) is 12.2 Å². The van der Waals surface area contributed by atoms with Gasteiger partial charge < -0.3 is 0 Å². The molecule has 2 heteroatoms. The molecule has 0 saturated heterocycles. The second kappa shape index (κ2) is 6.54. The first-order chi connectivity index (χ1) is 6.90. The Morgan fingerprint density at radius 2 is 1.67 bits per heavy atom. The van der Waals surface area contributed by atoms with Crippen molar-refractivity contribution < 1.29 is 0 Å². The number of rotatable bonds is 5. The smallest absolute Gasteiger partial charge is 0.0639 e. The van der Waals surface area contributed by atoms with Gasteiger partial charge in [0.2, 0.25) is 0 Å². The molecule has 0 bridgehead atoms.